The van der Waals surface area contributed by atoms with Gasteiger partial charge in [-0.25, -0.2) is 9.97 Å². The Balaban J connectivity index is 1.69. The van der Waals surface area contributed by atoms with Crippen LogP contribution in [0.15, 0.2) is 54.9 Å². The van der Waals surface area contributed by atoms with Crippen molar-refractivity contribution in [3.8, 4) is 17.2 Å². The molecule has 0 bridgehead atoms. The smallest absolute Gasteiger partial charge is 0.203 e. The molecule has 0 amide bonds. The zero-order chi connectivity index (χ0) is 19.8. The van der Waals surface area contributed by atoms with Crippen molar-refractivity contribution < 1.29 is 14.2 Å². The molecule has 7 heteroatoms. The first-order chi connectivity index (χ1) is 13.7. The highest BCUT2D eigenvalue weighted by Crippen LogP contribution is 2.40. The van der Waals surface area contributed by atoms with Gasteiger partial charge < -0.3 is 24.8 Å². The Morgan fingerprint density at radius 3 is 2.14 bits per heavy atom. The third kappa shape index (κ3) is 4.82. The highest BCUT2D eigenvalue weighted by atomic mass is 16.5. The monoisotopic (exact) mass is 380 g/mol. The number of anilines is 3. The van der Waals surface area contributed by atoms with E-state index in [1.807, 2.05) is 36.4 Å². The van der Waals surface area contributed by atoms with Gasteiger partial charge in [-0.15, -0.1) is 0 Å². The van der Waals surface area contributed by atoms with Crippen LogP contribution in [0.4, 0.5) is 17.3 Å². The standard InChI is InChI=1S/C21H24N4O3/c1-26-17-11-16(12-18(27-2)21(17)28-3)25-20-13-19(23-14-24-20)22-10-9-15-7-5-4-6-8-15/h4-8,11-14H,9-10H2,1-3H3,(H2,22,23,24,25). The molecule has 0 spiro atoms. The summed E-state index contributed by atoms with van der Waals surface area (Å²) in [5.74, 6) is 3.09. The number of hydrogen-bond donors (Lipinski definition) is 2. The van der Waals surface area contributed by atoms with Crippen LogP contribution < -0.4 is 24.8 Å². The van der Waals surface area contributed by atoms with Crippen molar-refractivity contribution in [2.45, 2.75) is 6.42 Å². The fourth-order valence-electron chi connectivity index (χ4n) is 2.80. The van der Waals surface area contributed by atoms with Crippen molar-refractivity contribution in [1.29, 1.82) is 0 Å². The molecule has 7 nitrogen and oxygen atoms in total. The van der Waals surface area contributed by atoms with E-state index in [9.17, 15) is 0 Å². The summed E-state index contributed by atoms with van der Waals surface area (Å²) in [6.45, 7) is 0.782. The first-order valence-corrected chi connectivity index (χ1v) is 8.90. The molecule has 0 saturated carbocycles. The van der Waals surface area contributed by atoms with Gasteiger partial charge in [0, 0.05) is 30.4 Å². The van der Waals surface area contributed by atoms with Gasteiger partial charge in [0.15, 0.2) is 11.5 Å². The minimum atomic E-state index is 0.543. The average Bonchev–Trinajstić information content (AvgIpc) is 2.74. The third-order valence-electron chi connectivity index (χ3n) is 4.17. The summed E-state index contributed by atoms with van der Waals surface area (Å²) in [7, 11) is 4.74. The minimum absolute atomic E-state index is 0.543. The molecule has 146 valence electrons. The second-order valence-electron chi connectivity index (χ2n) is 5.99. The van der Waals surface area contributed by atoms with E-state index >= 15 is 0 Å². The maximum atomic E-state index is 5.39. The Kier molecular flexibility index (Phi) is 6.51. The number of nitrogens with one attached hydrogen (secondary N) is 2. The summed E-state index contributed by atoms with van der Waals surface area (Å²) >= 11 is 0. The van der Waals surface area contributed by atoms with Gasteiger partial charge in [0.2, 0.25) is 5.75 Å². The molecule has 0 saturated heterocycles. The Morgan fingerprint density at radius 1 is 0.821 bits per heavy atom. The van der Waals surface area contributed by atoms with Gasteiger partial charge >= 0.3 is 0 Å². The van der Waals surface area contributed by atoms with E-state index in [-0.39, 0.29) is 0 Å². The lowest BCUT2D eigenvalue weighted by Crippen LogP contribution is -2.07. The Bertz CT molecular complexity index is 878. The molecular formula is C21H24N4O3. The minimum Gasteiger partial charge on any atom is -0.493 e. The number of benzene rings is 2. The molecule has 0 aliphatic rings. The predicted molar refractivity (Wildman–Crippen MR) is 110 cm³/mol. The van der Waals surface area contributed by atoms with Crippen molar-refractivity contribution in [3.63, 3.8) is 0 Å². The molecule has 2 aromatic carbocycles. The molecule has 0 radical (unpaired) electrons. The molecule has 1 heterocycles. The van der Waals surface area contributed by atoms with Crippen LogP contribution in [0.2, 0.25) is 0 Å². The van der Waals surface area contributed by atoms with E-state index in [1.165, 1.54) is 11.9 Å². The Morgan fingerprint density at radius 2 is 1.50 bits per heavy atom. The molecule has 28 heavy (non-hydrogen) atoms. The lowest BCUT2D eigenvalue weighted by atomic mass is 10.1. The first kappa shape index (κ1) is 19.3. The number of methoxy groups -OCH3 is 3. The van der Waals surface area contributed by atoms with Crippen molar-refractivity contribution in [2.75, 3.05) is 38.5 Å². The topological polar surface area (TPSA) is 77.5 Å². The molecular weight excluding hydrogens is 356 g/mol. The largest absolute Gasteiger partial charge is 0.493 e. The molecule has 0 atom stereocenters. The van der Waals surface area contributed by atoms with Gasteiger partial charge in [-0.3, -0.25) is 0 Å². The van der Waals surface area contributed by atoms with E-state index < -0.39 is 0 Å². The molecule has 0 unspecified atom stereocenters. The van der Waals surface area contributed by atoms with Gasteiger partial charge in [-0.2, -0.15) is 0 Å². The van der Waals surface area contributed by atoms with E-state index in [0.29, 0.717) is 23.1 Å². The maximum absolute atomic E-state index is 5.39. The van der Waals surface area contributed by atoms with Gasteiger partial charge in [0.25, 0.3) is 0 Å². The van der Waals surface area contributed by atoms with Crippen LogP contribution in [0.5, 0.6) is 17.2 Å². The molecule has 3 aromatic rings. The molecule has 0 aliphatic carbocycles. The summed E-state index contributed by atoms with van der Waals surface area (Å²) in [5.41, 5.74) is 2.04. The lowest BCUT2D eigenvalue weighted by molar-refractivity contribution is 0.324. The lowest BCUT2D eigenvalue weighted by Gasteiger charge is -2.15. The van der Waals surface area contributed by atoms with Crippen molar-refractivity contribution in [3.05, 3.63) is 60.4 Å². The summed E-state index contributed by atoms with van der Waals surface area (Å²) in [5, 5.41) is 6.57. The predicted octanol–water partition coefficient (Wildman–Crippen LogP) is 3.90. The van der Waals surface area contributed by atoms with Crippen LogP contribution in [0.3, 0.4) is 0 Å². The van der Waals surface area contributed by atoms with E-state index in [0.717, 1.165) is 24.5 Å². The second kappa shape index (κ2) is 9.45. The third-order valence-corrected chi connectivity index (χ3v) is 4.17. The number of rotatable bonds is 9. The van der Waals surface area contributed by atoms with Crippen LogP contribution in [-0.4, -0.2) is 37.8 Å². The number of aromatic nitrogens is 2. The quantitative estimate of drug-likeness (QED) is 0.583. The molecule has 2 N–H and O–H groups in total. The summed E-state index contributed by atoms with van der Waals surface area (Å²) < 4.78 is 16.1. The molecule has 0 fully saturated rings. The Hall–Kier alpha value is -3.48. The Labute approximate surface area is 164 Å². The number of nitrogens with zero attached hydrogens (tertiary/aromatic N) is 2. The molecule has 0 aliphatic heterocycles. The highest BCUT2D eigenvalue weighted by Gasteiger charge is 2.13. The van der Waals surface area contributed by atoms with Gasteiger partial charge in [-0.05, 0) is 12.0 Å². The highest BCUT2D eigenvalue weighted by molar-refractivity contribution is 5.67. The molecule has 3 rings (SSSR count). The van der Waals surface area contributed by atoms with Crippen LogP contribution in [-0.2, 0) is 6.42 Å². The number of hydrogen-bond acceptors (Lipinski definition) is 7. The fraction of sp³-hybridized carbons (Fsp3) is 0.238. The van der Waals surface area contributed by atoms with E-state index in [1.54, 1.807) is 21.3 Å². The van der Waals surface area contributed by atoms with Crippen molar-refractivity contribution in [1.82, 2.24) is 9.97 Å². The second-order valence-corrected chi connectivity index (χ2v) is 5.99. The fourth-order valence-corrected chi connectivity index (χ4v) is 2.80. The van der Waals surface area contributed by atoms with Crippen LogP contribution in [0.25, 0.3) is 0 Å². The van der Waals surface area contributed by atoms with Crippen LogP contribution >= 0.6 is 0 Å². The normalized spacial score (nSPS) is 10.2. The zero-order valence-electron chi connectivity index (χ0n) is 16.2. The summed E-state index contributed by atoms with van der Waals surface area (Å²) in [4.78, 5) is 8.55. The maximum Gasteiger partial charge on any atom is 0.203 e. The van der Waals surface area contributed by atoms with Gasteiger partial charge in [0.05, 0.1) is 21.3 Å². The average molecular weight is 380 g/mol. The van der Waals surface area contributed by atoms with Crippen molar-refractivity contribution >= 4 is 17.3 Å². The summed E-state index contributed by atoms with van der Waals surface area (Å²) in [6.07, 6.45) is 2.44. The zero-order valence-corrected chi connectivity index (χ0v) is 16.2. The number of ether oxygens (including phenoxy) is 3. The summed E-state index contributed by atoms with van der Waals surface area (Å²) in [6, 6.07) is 15.8. The van der Waals surface area contributed by atoms with Gasteiger partial charge in [0.1, 0.15) is 18.0 Å². The van der Waals surface area contributed by atoms with E-state index in [4.69, 9.17) is 14.2 Å². The van der Waals surface area contributed by atoms with Crippen LogP contribution in [0.1, 0.15) is 5.56 Å². The van der Waals surface area contributed by atoms with Crippen molar-refractivity contribution in [2.24, 2.45) is 0 Å². The van der Waals surface area contributed by atoms with E-state index in [2.05, 4.69) is 32.7 Å². The van der Waals surface area contributed by atoms with Gasteiger partial charge in [-0.1, -0.05) is 30.3 Å². The molecule has 1 aromatic heterocycles. The SMILES string of the molecule is COc1cc(Nc2cc(NCCc3ccccc3)ncn2)cc(OC)c1OC. The van der Waals surface area contributed by atoms with Crippen LogP contribution in [0, 0.1) is 0 Å². The first-order valence-electron chi connectivity index (χ1n) is 8.90.